The fourth-order valence-electron chi connectivity index (χ4n) is 3.85. The van der Waals surface area contributed by atoms with E-state index in [-0.39, 0.29) is 5.92 Å². The van der Waals surface area contributed by atoms with Crippen LogP contribution in [-0.2, 0) is 17.6 Å². The van der Waals surface area contributed by atoms with Gasteiger partial charge in [0.05, 0.1) is 5.92 Å². The summed E-state index contributed by atoms with van der Waals surface area (Å²) in [5.74, 6) is -0.897. The van der Waals surface area contributed by atoms with E-state index in [2.05, 4.69) is 22.9 Å². The van der Waals surface area contributed by atoms with Crippen LogP contribution in [0.3, 0.4) is 0 Å². The van der Waals surface area contributed by atoms with E-state index in [0.717, 1.165) is 26.2 Å². The van der Waals surface area contributed by atoms with Crippen molar-refractivity contribution in [3.63, 3.8) is 0 Å². The summed E-state index contributed by atoms with van der Waals surface area (Å²) in [6.45, 7) is 6.58. The Morgan fingerprint density at radius 2 is 2.13 bits per heavy atom. The Kier molecular flexibility index (Phi) is 5.39. The Bertz CT molecular complexity index is 549. The summed E-state index contributed by atoms with van der Waals surface area (Å²) < 4.78 is 0. The standard InChI is InChI=1S/C18H28N2O2S/c1-3-13(18(21)22)11-14-12-15-16(5-4-6-17(15)23-14)20-9-7-19(2)8-10-20/h12-13,16H,3-11H2,1-2H3,(H,21,22). The zero-order valence-corrected chi connectivity index (χ0v) is 15.1. The first-order chi connectivity index (χ1) is 11.1. The number of hydrogen-bond acceptors (Lipinski definition) is 4. The number of aliphatic carboxylic acids is 1. The molecule has 23 heavy (non-hydrogen) atoms. The van der Waals surface area contributed by atoms with Gasteiger partial charge in [0.25, 0.3) is 0 Å². The van der Waals surface area contributed by atoms with E-state index < -0.39 is 5.97 Å². The highest BCUT2D eigenvalue weighted by Crippen LogP contribution is 2.40. The van der Waals surface area contributed by atoms with Gasteiger partial charge in [-0.2, -0.15) is 0 Å². The number of carboxylic acids is 1. The molecule has 1 N–H and O–H groups in total. The maximum atomic E-state index is 11.3. The molecule has 2 heterocycles. The van der Waals surface area contributed by atoms with E-state index >= 15 is 0 Å². The van der Waals surface area contributed by atoms with E-state index in [1.165, 1.54) is 34.6 Å². The highest BCUT2D eigenvalue weighted by Gasteiger charge is 2.30. The van der Waals surface area contributed by atoms with Crippen LogP contribution in [-0.4, -0.2) is 54.1 Å². The van der Waals surface area contributed by atoms with Gasteiger partial charge in [0, 0.05) is 42.0 Å². The Hall–Kier alpha value is -0.910. The molecule has 3 rings (SSSR count). The van der Waals surface area contributed by atoms with Crippen LogP contribution in [0.15, 0.2) is 6.07 Å². The normalized spacial score (nSPS) is 24.3. The fourth-order valence-corrected chi connectivity index (χ4v) is 5.20. The van der Waals surface area contributed by atoms with Crippen LogP contribution >= 0.6 is 11.3 Å². The number of fused-ring (bicyclic) bond motifs is 1. The van der Waals surface area contributed by atoms with Gasteiger partial charge in [0.2, 0.25) is 0 Å². The highest BCUT2D eigenvalue weighted by molar-refractivity contribution is 7.12. The van der Waals surface area contributed by atoms with Gasteiger partial charge < -0.3 is 10.0 Å². The molecule has 2 unspecified atom stereocenters. The molecule has 0 radical (unpaired) electrons. The van der Waals surface area contributed by atoms with Crippen molar-refractivity contribution in [2.24, 2.45) is 5.92 Å². The van der Waals surface area contributed by atoms with Gasteiger partial charge in [-0.1, -0.05) is 6.92 Å². The summed E-state index contributed by atoms with van der Waals surface area (Å²) in [7, 11) is 2.20. The zero-order valence-electron chi connectivity index (χ0n) is 14.3. The van der Waals surface area contributed by atoms with Crippen molar-refractivity contribution in [3.05, 3.63) is 21.4 Å². The molecule has 0 aromatic carbocycles. The zero-order chi connectivity index (χ0) is 16.4. The van der Waals surface area contributed by atoms with Gasteiger partial charge in [-0.15, -0.1) is 11.3 Å². The number of piperazine rings is 1. The lowest BCUT2D eigenvalue weighted by Gasteiger charge is -2.39. The number of nitrogens with zero attached hydrogens (tertiary/aromatic N) is 2. The maximum absolute atomic E-state index is 11.3. The second-order valence-corrected chi connectivity index (χ2v) is 8.21. The minimum atomic E-state index is -0.658. The molecule has 2 aliphatic rings. The summed E-state index contributed by atoms with van der Waals surface area (Å²) in [5.41, 5.74) is 1.50. The number of rotatable bonds is 5. The third kappa shape index (κ3) is 3.78. The molecule has 1 saturated heterocycles. The van der Waals surface area contributed by atoms with Crippen LogP contribution in [0.2, 0.25) is 0 Å². The largest absolute Gasteiger partial charge is 0.481 e. The minimum Gasteiger partial charge on any atom is -0.481 e. The first-order valence-corrected chi connectivity index (χ1v) is 9.67. The second-order valence-electron chi connectivity index (χ2n) is 6.99. The van der Waals surface area contributed by atoms with Crippen LogP contribution in [0.5, 0.6) is 0 Å². The molecule has 128 valence electrons. The molecule has 0 spiro atoms. The summed E-state index contributed by atoms with van der Waals surface area (Å²) in [5, 5.41) is 9.31. The quantitative estimate of drug-likeness (QED) is 0.898. The number of carboxylic acid groups (broad SMARTS) is 1. The van der Waals surface area contributed by atoms with Crippen molar-refractivity contribution in [1.29, 1.82) is 0 Å². The molecule has 1 fully saturated rings. The van der Waals surface area contributed by atoms with E-state index in [0.29, 0.717) is 18.9 Å². The third-order valence-corrected chi connectivity index (χ3v) is 6.63. The van der Waals surface area contributed by atoms with Gasteiger partial charge in [-0.25, -0.2) is 0 Å². The Labute approximate surface area is 143 Å². The molecule has 1 aliphatic heterocycles. The molecule has 0 bridgehead atoms. The topological polar surface area (TPSA) is 43.8 Å². The van der Waals surface area contributed by atoms with Gasteiger partial charge in [0.1, 0.15) is 0 Å². The van der Waals surface area contributed by atoms with Gasteiger partial charge in [0.15, 0.2) is 0 Å². The molecular weight excluding hydrogens is 308 g/mol. The lowest BCUT2D eigenvalue weighted by molar-refractivity contribution is -0.141. The average molecular weight is 337 g/mol. The van der Waals surface area contributed by atoms with Crippen LogP contribution in [0.4, 0.5) is 0 Å². The monoisotopic (exact) mass is 336 g/mol. The number of hydrogen-bond donors (Lipinski definition) is 1. The van der Waals surface area contributed by atoms with Crippen LogP contribution < -0.4 is 0 Å². The van der Waals surface area contributed by atoms with Crippen molar-refractivity contribution >= 4 is 17.3 Å². The molecule has 0 saturated carbocycles. The van der Waals surface area contributed by atoms with Gasteiger partial charge >= 0.3 is 5.97 Å². The minimum absolute atomic E-state index is 0.239. The number of thiophene rings is 1. The predicted molar refractivity (Wildman–Crippen MR) is 94.2 cm³/mol. The average Bonchev–Trinajstić information content (AvgIpc) is 2.95. The van der Waals surface area contributed by atoms with E-state index in [1.807, 2.05) is 18.3 Å². The molecule has 4 nitrogen and oxygen atoms in total. The highest BCUT2D eigenvalue weighted by atomic mass is 32.1. The first kappa shape index (κ1) is 16.9. The van der Waals surface area contributed by atoms with Gasteiger partial charge in [-0.05, 0) is 50.8 Å². The van der Waals surface area contributed by atoms with E-state index in [9.17, 15) is 9.90 Å². The summed E-state index contributed by atoms with van der Waals surface area (Å²) >= 11 is 1.86. The number of carbonyl (C=O) groups is 1. The van der Waals surface area contributed by atoms with Crippen LogP contribution in [0, 0.1) is 5.92 Å². The molecule has 5 heteroatoms. The van der Waals surface area contributed by atoms with E-state index in [4.69, 9.17) is 0 Å². The van der Waals surface area contributed by atoms with Crippen molar-refractivity contribution in [3.8, 4) is 0 Å². The van der Waals surface area contributed by atoms with Crippen LogP contribution in [0.1, 0.15) is 47.5 Å². The maximum Gasteiger partial charge on any atom is 0.306 e. The molecule has 1 aromatic rings. The van der Waals surface area contributed by atoms with Crippen molar-refractivity contribution < 1.29 is 9.90 Å². The number of aryl methyl sites for hydroxylation is 1. The first-order valence-electron chi connectivity index (χ1n) is 8.85. The van der Waals surface area contributed by atoms with Crippen molar-refractivity contribution in [1.82, 2.24) is 9.80 Å². The molecule has 2 atom stereocenters. The third-order valence-electron chi connectivity index (χ3n) is 5.40. The number of likely N-dealkylation sites (N-methyl/N-ethyl adjacent to an activating group) is 1. The van der Waals surface area contributed by atoms with Crippen molar-refractivity contribution in [2.45, 2.75) is 45.1 Å². The molecule has 1 aliphatic carbocycles. The van der Waals surface area contributed by atoms with Gasteiger partial charge in [-0.3, -0.25) is 9.69 Å². The molecule has 1 aromatic heterocycles. The summed E-state index contributed by atoms with van der Waals surface area (Å²) in [6.07, 6.45) is 5.09. The summed E-state index contributed by atoms with van der Waals surface area (Å²) in [4.78, 5) is 19.1. The smallest absolute Gasteiger partial charge is 0.306 e. The predicted octanol–water partition coefficient (Wildman–Crippen LogP) is 3.03. The molecule has 0 amide bonds. The summed E-state index contributed by atoms with van der Waals surface area (Å²) in [6, 6.07) is 2.88. The SMILES string of the molecule is CCC(Cc1cc2c(s1)CCCC2N1CCN(C)CC1)C(=O)O. The molecular formula is C18H28N2O2S. The lowest BCUT2D eigenvalue weighted by atomic mass is 9.91. The Morgan fingerprint density at radius 3 is 2.78 bits per heavy atom. The Morgan fingerprint density at radius 1 is 1.39 bits per heavy atom. The second kappa shape index (κ2) is 7.32. The van der Waals surface area contributed by atoms with E-state index in [1.54, 1.807) is 0 Å². The lowest BCUT2D eigenvalue weighted by Crippen LogP contribution is -2.46. The van der Waals surface area contributed by atoms with Crippen molar-refractivity contribution in [2.75, 3.05) is 33.2 Å². The van der Waals surface area contributed by atoms with Crippen LogP contribution in [0.25, 0.3) is 0 Å². The fraction of sp³-hybridized carbons (Fsp3) is 0.722. The Balaban J connectivity index is 1.75.